The van der Waals surface area contributed by atoms with Crippen LogP contribution in [0.15, 0.2) is 24.5 Å². The van der Waals surface area contributed by atoms with Crippen LogP contribution >= 0.6 is 0 Å². The van der Waals surface area contributed by atoms with Gasteiger partial charge in [-0.2, -0.15) is 5.26 Å². The van der Waals surface area contributed by atoms with Crippen LogP contribution in [0, 0.1) is 16.7 Å². The van der Waals surface area contributed by atoms with Crippen LogP contribution in [0.1, 0.15) is 25.8 Å². The number of aromatic nitrogens is 2. The van der Waals surface area contributed by atoms with Crippen molar-refractivity contribution in [3.63, 3.8) is 0 Å². The number of carbonyl (C=O) groups is 1. The maximum absolute atomic E-state index is 11.6. The number of anilines is 1. The Kier molecular flexibility index (Phi) is 4.55. The molecule has 1 amide bonds. The zero-order valence-corrected chi connectivity index (χ0v) is 14.4. The molecule has 1 aromatic carbocycles. The molecule has 1 atom stereocenters. The Hall–Kier alpha value is -2.72. The molecule has 0 bridgehead atoms. The van der Waals surface area contributed by atoms with Gasteiger partial charge < -0.3 is 15.3 Å². The van der Waals surface area contributed by atoms with E-state index >= 15 is 0 Å². The minimum absolute atomic E-state index is 0.0198. The van der Waals surface area contributed by atoms with E-state index < -0.39 is 6.61 Å². The first-order valence-electron chi connectivity index (χ1n) is 8.22. The normalized spacial score (nSPS) is 19.4. The summed E-state index contributed by atoms with van der Waals surface area (Å²) in [6, 6.07) is 5.74. The second kappa shape index (κ2) is 6.65. The van der Waals surface area contributed by atoms with Crippen LogP contribution < -0.4 is 10.2 Å². The number of rotatable bonds is 3. The van der Waals surface area contributed by atoms with E-state index in [1.165, 1.54) is 0 Å². The molecule has 25 heavy (non-hydrogen) atoms. The Morgan fingerprint density at radius 3 is 2.80 bits per heavy atom. The molecule has 7 nitrogen and oxygen atoms in total. The number of aliphatic hydroxyl groups excluding tert-OH is 1. The van der Waals surface area contributed by atoms with Crippen molar-refractivity contribution in [3.05, 3.63) is 30.1 Å². The lowest BCUT2D eigenvalue weighted by Gasteiger charge is -2.44. The number of piperidine rings is 1. The molecule has 130 valence electrons. The summed E-state index contributed by atoms with van der Waals surface area (Å²) >= 11 is 0. The fourth-order valence-corrected chi connectivity index (χ4v) is 3.59. The molecular weight excluding hydrogens is 318 g/mol. The molecule has 1 fully saturated rings. The van der Waals surface area contributed by atoms with Gasteiger partial charge in [0.2, 0.25) is 5.91 Å². The molecule has 1 aliphatic rings. The zero-order valence-electron chi connectivity index (χ0n) is 14.4. The van der Waals surface area contributed by atoms with Gasteiger partial charge >= 0.3 is 0 Å². The summed E-state index contributed by atoms with van der Waals surface area (Å²) in [6.45, 7) is 5.20. The average molecular weight is 339 g/mol. The van der Waals surface area contributed by atoms with Gasteiger partial charge in [0.15, 0.2) is 0 Å². The van der Waals surface area contributed by atoms with Gasteiger partial charge in [0.25, 0.3) is 0 Å². The van der Waals surface area contributed by atoms with Gasteiger partial charge in [-0.25, -0.2) is 0 Å². The van der Waals surface area contributed by atoms with Crippen molar-refractivity contribution in [3.8, 4) is 6.07 Å². The molecule has 2 heterocycles. The first-order chi connectivity index (χ1) is 11.9. The van der Waals surface area contributed by atoms with Crippen LogP contribution in [-0.4, -0.2) is 46.7 Å². The molecule has 2 aromatic rings. The number of benzene rings is 1. The quantitative estimate of drug-likeness (QED) is 0.871. The SMILES string of the molecule is CC1(C)CC(NC(=O)CO)CN(c2ccc(C#N)c3nccnc23)C1. The summed E-state index contributed by atoms with van der Waals surface area (Å²) in [4.78, 5) is 22.5. The van der Waals surface area contributed by atoms with Crippen LogP contribution in [0.3, 0.4) is 0 Å². The molecule has 3 rings (SSSR count). The fourth-order valence-electron chi connectivity index (χ4n) is 3.59. The number of fused-ring (bicyclic) bond motifs is 1. The summed E-state index contributed by atoms with van der Waals surface area (Å²) < 4.78 is 0. The number of amides is 1. The van der Waals surface area contributed by atoms with Crippen LogP contribution in [0.5, 0.6) is 0 Å². The van der Waals surface area contributed by atoms with Crippen molar-refractivity contribution in [1.29, 1.82) is 5.26 Å². The molecule has 2 N–H and O–H groups in total. The molecule has 1 aliphatic heterocycles. The minimum atomic E-state index is -0.512. The Bertz CT molecular complexity index is 843. The highest BCUT2D eigenvalue weighted by Crippen LogP contribution is 2.34. The van der Waals surface area contributed by atoms with Gasteiger partial charge in [0.1, 0.15) is 23.7 Å². The lowest BCUT2D eigenvalue weighted by Crippen LogP contribution is -2.54. The van der Waals surface area contributed by atoms with E-state index in [0.717, 1.165) is 18.7 Å². The van der Waals surface area contributed by atoms with E-state index in [1.807, 2.05) is 6.07 Å². The molecule has 1 saturated heterocycles. The third-order valence-electron chi connectivity index (χ3n) is 4.43. The molecule has 1 aromatic heterocycles. The summed E-state index contributed by atoms with van der Waals surface area (Å²) in [5.74, 6) is -0.368. The van der Waals surface area contributed by atoms with E-state index in [9.17, 15) is 10.1 Å². The minimum Gasteiger partial charge on any atom is -0.387 e. The van der Waals surface area contributed by atoms with Crippen molar-refractivity contribution in [2.45, 2.75) is 26.3 Å². The van der Waals surface area contributed by atoms with Crippen LogP contribution in [-0.2, 0) is 4.79 Å². The molecule has 0 saturated carbocycles. The number of nitriles is 1. The maximum Gasteiger partial charge on any atom is 0.245 e. The number of nitrogens with one attached hydrogen (secondary N) is 1. The molecular formula is C18H21N5O2. The second-order valence-electron chi connectivity index (χ2n) is 7.17. The third kappa shape index (κ3) is 3.54. The smallest absolute Gasteiger partial charge is 0.245 e. The molecule has 7 heteroatoms. The topological polar surface area (TPSA) is 102 Å². The van der Waals surface area contributed by atoms with Gasteiger partial charge in [0.05, 0.1) is 11.3 Å². The maximum atomic E-state index is 11.6. The van der Waals surface area contributed by atoms with Crippen LogP contribution in [0.25, 0.3) is 11.0 Å². The molecule has 0 aliphatic carbocycles. The number of hydrogen-bond donors (Lipinski definition) is 2. The van der Waals surface area contributed by atoms with E-state index in [2.05, 4.69) is 40.1 Å². The Balaban J connectivity index is 1.99. The molecule has 0 spiro atoms. The lowest BCUT2D eigenvalue weighted by molar-refractivity contribution is -0.124. The zero-order chi connectivity index (χ0) is 18.0. The molecule has 1 unspecified atom stereocenters. The fraction of sp³-hybridized carbons (Fsp3) is 0.444. The Labute approximate surface area is 146 Å². The highest BCUT2D eigenvalue weighted by atomic mass is 16.3. The number of nitrogens with zero attached hydrogens (tertiary/aromatic N) is 4. The van der Waals surface area contributed by atoms with Crippen molar-refractivity contribution >= 4 is 22.6 Å². The first kappa shape index (κ1) is 17.1. The van der Waals surface area contributed by atoms with Gasteiger partial charge in [-0.1, -0.05) is 13.8 Å². The van der Waals surface area contributed by atoms with E-state index in [4.69, 9.17) is 5.11 Å². The van der Waals surface area contributed by atoms with Crippen molar-refractivity contribution < 1.29 is 9.90 Å². The first-order valence-corrected chi connectivity index (χ1v) is 8.22. The van der Waals surface area contributed by atoms with Gasteiger partial charge in [0, 0.05) is 31.5 Å². The van der Waals surface area contributed by atoms with E-state index in [1.54, 1.807) is 18.5 Å². The predicted octanol–water partition coefficient (Wildman–Crippen LogP) is 1.21. The van der Waals surface area contributed by atoms with E-state index in [-0.39, 0.29) is 17.4 Å². The Morgan fingerprint density at radius 2 is 2.12 bits per heavy atom. The van der Waals surface area contributed by atoms with Crippen LogP contribution in [0.4, 0.5) is 5.69 Å². The van der Waals surface area contributed by atoms with Gasteiger partial charge in [-0.15, -0.1) is 0 Å². The van der Waals surface area contributed by atoms with E-state index in [0.29, 0.717) is 23.1 Å². The van der Waals surface area contributed by atoms with Crippen molar-refractivity contribution in [2.75, 3.05) is 24.6 Å². The lowest BCUT2D eigenvalue weighted by atomic mass is 9.81. The molecule has 0 radical (unpaired) electrons. The predicted molar refractivity (Wildman–Crippen MR) is 93.9 cm³/mol. The van der Waals surface area contributed by atoms with Crippen molar-refractivity contribution in [1.82, 2.24) is 15.3 Å². The summed E-state index contributed by atoms with van der Waals surface area (Å²) in [5.41, 5.74) is 2.65. The number of hydrogen-bond acceptors (Lipinski definition) is 6. The highest BCUT2D eigenvalue weighted by molar-refractivity contribution is 5.92. The monoisotopic (exact) mass is 339 g/mol. The summed E-state index contributed by atoms with van der Waals surface area (Å²) in [6.07, 6.45) is 4.03. The third-order valence-corrected chi connectivity index (χ3v) is 4.43. The average Bonchev–Trinajstić information content (AvgIpc) is 2.59. The largest absolute Gasteiger partial charge is 0.387 e. The standard InChI is InChI=1S/C18H21N5O2/c1-18(2)7-13(22-15(25)10-24)9-23(11-18)14-4-3-12(8-19)16-17(14)21-6-5-20-16/h3-6,13,24H,7,9-11H2,1-2H3,(H,22,25). The summed E-state index contributed by atoms with van der Waals surface area (Å²) in [7, 11) is 0. The second-order valence-corrected chi connectivity index (χ2v) is 7.17. The van der Waals surface area contributed by atoms with Crippen LogP contribution in [0.2, 0.25) is 0 Å². The number of carbonyl (C=O) groups excluding carboxylic acids is 1. The van der Waals surface area contributed by atoms with Gasteiger partial charge in [-0.05, 0) is 24.0 Å². The van der Waals surface area contributed by atoms with Crippen molar-refractivity contribution in [2.24, 2.45) is 5.41 Å². The van der Waals surface area contributed by atoms with Gasteiger partial charge in [-0.3, -0.25) is 14.8 Å². The Morgan fingerprint density at radius 1 is 1.40 bits per heavy atom. The summed E-state index contributed by atoms with van der Waals surface area (Å²) in [5, 5.41) is 21.2. The highest BCUT2D eigenvalue weighted by Gasteiger charge is 2.34. The number of aliphatic hydroxyl groups is 1.